The van der Waals surface area contributed by atoms with Gasteiger partial charge in [0, 0.05) is 16.5 Å². The summed E-state index contributed by atoms with van der Waals surface area (Å²) in [5.74, 6) is -63.9. The van der Waals surface area contributed by atoms with Crippen molar-refractivity contribution >= 4 is 39.6 Å². The molecule has 0 atom stereocenters. The predicted octanol–water partition coefficient (Wildman–Crippen LogP) is 12.4. The molecule has 0 fully saturated rings. The summed E-state index contributed by atoms with van der Waals surface area (Å²) in [5.41, 5.74) is -9.94. The number of alkyl halides is 2. The first kappa shape index (κ1) is 42.0. The Hall–Kier alpha value is -6.69. The summed E-state index contributed by atoms with van der Waals surface area (Å²) in [6, 6.07) is 1.22. The van der Waals surface area contributed by atoms with E-state index in [4.69, 9.17) is 14.0 Å². The molecule has 0 bridgehead atoms. The topological polar surface area (TPSA) is 27.7 Å². The summed E-state index contributed by atoms with van der Waals surface area (Å²) in [7, 11) is -3.78. The molecule has 0 N–H and O–H groups in total. The lowest BCUT2D eigenvalue weighted by molar-refractivity contribution is 0.0401. The van der Waals surface area contributed by atoms with Crippen LogP contribution in [0.25, 0.3) is 43.4 Å². The molecule has 1 aliphatic rings. The van der Waals surface area contributed by atoms with Gasteiger partial charge in [-0.3, -0.25) is 0 Å². The van der Waals surface area contributed by atoms with Crippen LogP contribution in [0.2, 0.25) is 0 Å². The van der Waals surface area contributed by atoms with Crippen LogP contribution in [0, 0.1) is 111 Å². The van der Waals surface area contributed by atoms with E-state index in [-0.39, 0.29) is 12.1 Å². The lowest BCUT2D eigenvalue weighted by atomic mass is 9.98. The Labute approximate surface area is 326 Å². The lowest BCUT2D eigenvalue weighted by Crippen LogP contribution is -2.38. The maximum Gasteiger partial charge on any atom is 0.864 e. The van der Waals surface area contributed by atoms with Gasteiger partial charge < -0.3 is 14.0 Å². The quantitative estimate of drug-likeness (QED) is 0.0547. The van der Waals surface area contributed by atoms with Crippen molar-refractivity contribution in [3.63, 3.8) is 0 Å². The van der Waals surface area contributed by atoms with Crippen molar-refractivity contribution in [2.45, 2.75) is 5.92 Å². The van der Waals surface area contributed by atoms with Gasteiger partial charge in [0.2, 0.25) is 11.6 Å². The van der Waals surface area contributed by atoms with Crippen LogP contribution in [-0.4, -0.2) is 7.32 Å². The molecule has 320 valence electrons. The maximum atomic E-state index is 16.1. The normalized spacial score (nSPS) is 13.0. The second-order valence-corrected chi connectivity index (χ2v) is 12.7. The van der Waals surface area contributed by atoms with Crippen molar-refractivity contribution in [3.05, 3.63) is 146 Å². The van der Waals surface area contributed by atoms with Gasteiger partial charge in [0.05, 0.1) is 38.1 Å². The molecular weight excluding hydrogens is 902 g/mol. The fraction of sp³-hybridized carbons (Fsp3) is 0.0270. The molecule has 0 unspecified atom stereocenters. The smallest absolute Gasteiger partial charge is 0.489 e. The average molecular weight is 906 g/mol. The summed E-state index contributed by atoms with van der Waals surface area (Å²) in [6.45, 7) is 0. The van der Waals surface area contributed by atoms with E-state index in [1.54, 1.807) is 0 Å². The minimum absolute atomic E-state index is 0.201. The highest BCUT2D eigenvalue weighted by molar-refractivity contribution is 6.40. The summed E-state index contributed by atoms with van der Waals surface area (Å²) >= 11 is 0. The van der Waals surface area contributed by atoms with Crippen molar-refractivity contribution in [1.29, 1.82) is 0 Å². The molecule has 7 aromatic rings. The summed E-state index contributed by atoms with van der Waals surface area (Å²) in [4.78, 5) is 0. The van der Waals surface area contributed by atoms with E-state index in [0.717, 1.165) is 0 Å². The van der Waals surface area contributed by atoms with E-state index in [1.165, 1.54) is 0 Å². The Balaban J connectivity index is 1.44. The van der Waals surface area contributed by atoms with Crippen LogP contribution in [0.5, 0.6) is 17.2 Å². The van der Waals surface area contributed by atoms with Crippen molar-refractivity contribution in [2.24, 2.45) is 0 Å². The first-order valence-corrected chi connectivity index (χ1v) is 16.1. The molecule has 0 saturated carbocycles. The Morgan fingerprint density at radius 1 is 0.323 bits per heavy atom. The highest BCUT2D eigenvalue weighted by Crippen LogP contribution is 2.59. The Morgan fingerprint density at radius 2 is 0.742 bits per heavy atom. The molecule has 0 amide bonds. The van der Waals surface area contributed by atoms with Crippen molar-refractivity contribution in [1.82, 2.24) is 0 Å². The van der Waals surface area contributed by atoms with Crippen LogP contribution in [0.1, 0.15) is 11.1 Å². The fourth-order valence-corrected chi connectivity index (χ4v) is 6.81. The van der Waals surface area contributed by atoms with Crippen LogP contribution in [0.3, 0.4) is 0 Å². The van der Waals surface area contributed by atoms with Crippen molar-refractivity contribution in [2.75, 3.05) is 0 Å². The molecule has 0 spiro atoms. The molecule has 3 nitrogen and oxygen atoms in total. The maximum absolute atomic E-state index is 16.1. The van der Waals surface area contributed by atoms with Crippen LogP contribution in [0.15, 0.2) is 24.3 Å². The monoisotopic (exact) mass is 906 g/mol. The standard InChI is InChI=1S/C37H4BF21O3/c39-6-3-4-8(5-1-2-7(40)18(41)9(5)6)60-38(62-36-17-11(22(45)30(53)34(36)57)10-16(37(17,58)59)26(49)32(55)27(50)21(10)44)61-35-15-14(25(48)31(54)33(35)56)19(42)12-13(20(15)43)24(47)29(52)28(51)23(12)46/h1-4H. The van der Waals surface area contributed by atoms with Crippen LogP contribution in [0.4, 0.5) is 92.2 Å². The number of hydrogen-bond donors (Lipinski definition) is 0. The molecule has 1 aliphatic carbocycles. The second-order valence-electron chi connectivity index (χ2n) is 12.7. The van der Waals surface area contributed by atoms with Gasteiger partial charge in [-0.25, -0.2) is 74.6 Å². The number of rotatable bonds is 6. The van der Waals surface area contributed by atoms with E-state index in [9.17, 15) is 48.3 Å². The van der Waals surface area contributed by atoms with Gasteiger partial charge in [-0.15, -0.1) is 0 Å². The van der Waals surface area contributed by atoms with E-state index in [1.807, 2.05) is 0 Å². The van der Waals surface area contributed by atoms with Crippen LogP contribution < -0.4 is 14.0 Å². The van der Waals surface area contributed by atoms with Crippen molar-refractivity contribution < 1.29 is 106 Å². The summed E-state index contributed by atoms with van der Waals surface area (Å²) in [6.07, 6.45) is 0. The number of benzene rings is 7. The summed E-state index contributed by atoms with van der Waals surface area (Å²) in [5, 5.41) is -11.8. The second kappa shape index (κ2) is 13.9. The number of hydrogen-bond acceptors (Lipinski definition) is 3. The molecule has 7 aromatic carbocycles. The van der Waals surface area contributed by atoms with Crippen molar-refractivity contribution in [3.8, 4) is 28.4 Å². The van der Waals surface area contributed by atoms with E-state index in [0.29, 0.717) is 12.1 Å². The minimum atomic E-state index is -5.59. The van der Waals surface area contributed by atoms with Gasteiger partial charge in [0.25, 0.3) is 0 Å². The van der Waals surface area contributed by atoms with E-state index in [2.05, 4.69) is 0 Å². The van der Waals surface area contributed by atoms with Gasteiger partial charge in [0.15, 0.2) is 92.9 Å². The fourth-order valence-electron chi connectivity index (χ4n) is 6.81. The summed E-state index contributed by atoms with van der Waals surface area (Å²) < 4.78 is 331. The lowest BCUT2D eigenvalue weighted by Gasteiger charge is -2.23. The molecule has 0 radical (unpaired) electrons. The molecule has 62 heavy (non-hydrogen) atoms. The first-order chi connectivity index (χ1) is 29.0. The molecule has 0 saturated heterocycles. The number of halogens is 21. The third-order valence-corrected chi connectivity index (χ3v) is 9.48. The van der Waals surface area contributed by atoms with Gasteiger partial charge in [-0.2, -0.15) is 17.6 Å². The van der Waals surface area contributed by atoms with Gasteiger partial charge in [0.1, 0.15) is 23.2 Å². The van der Waals surface area contributed by atoms with Gasteiger partial charge >= 0.3 is 13.2 Å². The molecule has 25 heteroatoms. The first-order valence-electron chi connectivity index (χ1n) is 16.1. The Morgan fingerprint density at radius 3 is 1.32 bits per heavy atom. The van der Waals surface area contributed by atoms with Gasteiger partial charge in [-0.05, 0) is 24.3 Å². The van der Waals surface area contributed by atoms with Gasteiger partial charge in [-0.1, -0.05) is 0 Å². The van der Waals surface area contributed by atoms with Crippen LogP contribution >= 0.6 is 0 Å². The highest BCUT2D eigenvalue weighted by atomic mass is 19.3. The molecule has 0 heterocycles. The molecular formula is C37H4BF21O3. The SMILES string of the molecule is Fc1ccc2c(OB(Oc3c(F)c(F)c(F)c4c3C(F)(F)c3c(F)c(F)c(F)c(F)c3-4)Oc3c(F)c(F)c(F)c4c(F)c5c(F)c(F)c(F)c(F)c5c(F)c34)ccc(F)c2c1F. The highest BCUT2D eigenvalue weighted by Gasteiger charge is 2.56. The third kappa shape index (κ3) is 5.47. The zero-order valence-electron chi connectivity index (χ0n) is 28.5. The Kier molecular flexibility index (Phi) is 9.44. The van der Waals surface area contributed by atoms with Crippen LogP contribution in [-0.2, 0) is 5.92 Å². The third-order valence-electron chi connectivity index (χ3n) is 9.48. The molecule has 0 aromatic heterocycles. The predicted molar refractivity (Wildman–Crippen MR) is 167 cm³/mol. The largest absolute Gasteiger partial charge is 0.864 e. The zero-order chi connectivity index (χ0) is 45.5. The Bertz CT molecular complexity index is 3210. The average Bonchev–Trinajstić information content (AvgIpc) is 3.48. The number of fused-ring (bicyclic) bond motifs is 6. The molecule has 0 aliphatic heterocycles. The van der Waals surface area contributed by atoms with E-state index < -0.39 is 196 Å². The van der Waals surface area contributed by atoms with E-state index >= 15 is 43.9 Å². The molecule has 8 rings (SSSR count). The zero-order valence-corrected chi connectivity index (χ0v) is 28.5. The minimum Gasteiger partial charge on any atom is -0.489 e.